The van der Waals surface area contributed by atoms with Crippen LogP contribution in [0.5, 0.6) is 0 Å². The summed E-state index contributed by atoms with van der Waals surface area (Å²) in [6.45, 7) is 1.28. The number of hydrogen-bond acceptors (Lipinski definition) is 4. The number of likely N-dealkylation sites (N-methyl/N-ethyl adjacent to an activating group) is 1. The van der Waals surface area contributed by atoms with Gasteiger partial charge in [0.05, 0.1) is 10.2 Å². The fourth-order valence-electron chi connectivity index (χ4n) is 2.33. The molecule has 1 amide bonds. The van der Waals surface area contributed by atoms with E-state index in [0.717, 1.165) is 16.8 Å². The van der Waals surface area contributed by atoms with E-state index < -0.39 is 0 Å². The average Bonchev–Trinajstić information content (AvgIpc) is 2.98. The monoisotopic (exact) mass is 429 g/mol. The number of carbonyl (C=O) groups excluding carboxylic acids is 1. The molecule has 0 N–H and O–H groups in total. The molecule has 0 bridgehead atoms. The van der Waals surface area contributed by atoms with Gasteiger partial charge >= 0.3 is 0 Å². The molecule has 0 unspecified atom stereocenters. The molecule has 4 nitrogen and oxygen atoms in total. The maximum atomic E-state index is 13.0. The summed E-state index contributed by atoms with van der Waals surface area (Å²) in [5.41, 5.74) is 1.42. The highest BCUT2D eigenvalue weighted by atomic mass is 35.5. The first-order valence-corrected chi connectivity index (χ1v) is 9.29. The minimum Gasteiger partial charge on any atom is -0.308 e. The van der Waals surface area contributed by atoms with Crippen molar-refractivity contribution in [3.63, 3.8) is 0 Å². The largest absolute Gasteiger partial charge is 0.308 e. The smallest absolute Gasteiger partial charge is 0.260 e. The Balaban J connectivity index is 0.00000243. The van der Waals surface area contributed by atoms with Gasteiger partial charge in [-0.15, -0.1) is 12.4 Å². The Morgan fingerprint density at radius 1 is 1.04 bits per heavy atom. The van der Waals surface area contributed by atoms with Gasteiger partial charge < -0.3 is 4.90 Å². The molecule has 0 aliphatic rings. The quantitative estimate of drug-likeness (QED) is 0.556. The molecule has 8 heteroatoms. The number of amides is 1. The van der Waals surface area contributed by atoms with E-state index in [1.165, 1.54) is 11.3 Å². The van der Waals surface area contributed by atoms with Crippen LogP contribution in [0.25, 0.3) is 10.2 Å². The second-order valence-electron chi connectivity index (χ2n) is 5.88. The maximum absolute atomic E-state index is 13.0. The second-order valence-corrected chi connectivity index (χ2v) is 7.76. The number of hydrogen-bond donors (Lipinski definition) is 0. The fraction of sp³-hybridized carbons (Fsp3) is 0.222. The van der Waals surface area contributed by atoms with Crippen molar-refractivity contribution in [1.82, 2.24) is 9.88 Å². The summed E-state index contributed by atoms with van der Waals surface area (Å²) in [7, 11) is 3.95. The topological polar surface area (TPSA) is 36.4 Å². The Morgan fingerprint density at radius 3 is 2.35 bits per heavy atom. The lowest BCUT2D eigenvalue weighted by Gasteiger charge is -2.22. The lowest BCUT2D eigenvalue weighted by atomic mass is 10.2. The van der Waals surface area contributed by atoms with Gasteiger partial charge in [-0.05, 0) is 56.6 Å². The standard InChI is InChI=1S/C18H17Cl2N3OS.ClH/c1-22(2)9-10-23(17(24)12-3-5-13(19)6-4-12)18-21-15-8-7-14(20)11-16(15)25-18;/h3-8,11H,9-10H2,1-2H3;1H. The van der Waals surface area contributed by atoms with Gasteiger partial charge in [0.15, 0.2) is 5.13 Å². The molecule has 1 heterocycles. The van der Waals surface area contributed by atoms with E-state index in [4.69, 9.17) is 23.2 Å². The molecule has 3 rings (SSSR count). The van der Waals surface area contributed by atoms with Gasteiger partial charge in [0.1, 0.15) is 0 Å². The van der Waals surface area contributed by atoms with Crippen molar-refractivity contribution in [2.75, 3.05) is 32.1 Å². The molecule has 0 atom stereocenters. The SMILES string of the molecule is CN(C)CCN(C(=O)c1ccc(Cl)cc1)c1nc2ccc(Cl)cc2s1.Cl. The number of thiazole rings is 1. The van der Waals surface area contributed by atoms with Crippen LogP contribution in [0.4, 0.5) is 5.13 Å². The number of fused-ring (bicyclic) bond motifs is 1. The summed E-state index contributed by atoms with van der Waals surface area (Å²) in [6, 6.07) is 12.4. The van der Waals surface area contributed by atoms with Crippen molar-refractivity contribution in [1.29, 1.82) is 0 Å². The highest BCUT2D eigenvalue weighted by Gasteiger charge is 2.21. The van der Waals surface area contributed by atoms with E-state index in [9.17, 15) is 4.79 Å². The minimum absolute atomic E-state index is 0. The highest BCUT2D eigenvalue weighted by Crippen LogP contribution is 2.31. The number of carbonyl (C=O) groups is 1. The Bertz CT molecular complexity index is 896. The molecule has 0 radical (unpaired) electrons. The molecule has 0 fully saturated rings. The zero-order valence-corrected chi connectivity index (χ0v) is 17.4. The van der Waals surface area contributed by atoms with Gasteiger partial charge in [0, 0.05) is 28.7 Å². The average molecular weight is 431 g/mol. The lowest BCUT2D eigenvalue weighted by Crippen LogP contribution is -2.36. The summed E-state index contributed by atoms with van der Waals surface area (Å²) in [4.78, 5) is 21.4. The van der Waals surface area contributed by atoms with Crippen LogP contribution in [-0.2, 0) is 0 Å². The Morgan fingerprint density at radius 2 is 1.69 bits per heavy atom. The van der Waals surface area contributed by atoms with Crippen LogP contribution >= 0.6 is 46.9 Å². The molecule has 0 saturated heterocycles. The molecule has 0 aliphatic carbocycles. The van der Waals surface area contributed by atoms with Gasteiger partial charge in [0.2, 0.25) is 0 Å². The van der Waals surface area contributed by atoms with Gasteiger partial charge in [-0.3, -0.25) is 9.69 Å². The predicted octanol–water partition coefficient (Wildman–Crippen LogP) is 5.23. The van der Waals surface area contributed by atoms with Crippen molar-refractivity contribution in [3.8, 4) is 0 Å². The van der Waals surface area contributed by atoms with Crippen LogP contribution in [0.15, 0.2) is 42.5 Å². The van der Waals surface area contributed by atoms with Gasteiger partial charge in [0.25, 0.3) is 5.91 Å². The third kappa shape index (κ3) is 4.87. The van der Waals surface area contributed by atoms with Crippen LogP contribution in [0.3, 0.4) is 0 Å². The van der Waals surface area contributed by atoms with Gasteiger partial charge in [-0.25, -0.2) is 4.98 Å². The van der Waals surface area contributed by atoms with Crippen LogP contribution in [0.2, 0.25) is 10.0 Å². The Kier molecular flexibility index (Phi) is 7.26. The first kappa shape index (κ1) is 20.9. The number of halogens is 3. The Labute approximate surface area is 172 Å². The van der Waals surface area contributed by atoms with E-state index in [-0.39, 0.29) is 18.3 Å². The van der Waals surface area contributed by atoms with Crippen LogP contribution < -0.4 is 4.90 Å². The zero-order valence-electron chi connectivity index (χ0n) is 14.3. The summed E-state index contributed by atoms with van der Waals surface area (Å²) in [5.74, 6) is -0.0938. The fourth-order valence-corrected chi connectivity index (χ4v) is 3.73. The number of nitrogens with zero attached hydrogens (tertiary/aromatic N) is 3. The molecule has 26 heavy (non-hydrogen) atoms. The number of aromatic nitrogens is 1. The van der Waals surface area contributed by atoms with Gasteiger partial charge in [-0.1, -0.05) is 34.5 Å². The lowest BCUT2D eigenvalue weighted by molar-refractivity contribution is 0.0985. The summed E-state index contributed by atoms with van der Waals surface area (Å²) in [6.07, 6.45) is 0. The normalized spacial score (nSPS) is 10.8. The number of rotatable bonds is 5. The first-order valence-electron chi connectivity index (χ1n) is 7.72. The zero-order chi connectivity index (χ0) is 18.0. The molecule has 3 aromatic rings. The van der Waals surface area contributed by atoms with E-state index in [1.54, 1.807) is 35.2 Å². The summed E-state index contributed by atoms with van der Waals surface area (Å²) >= 11 is 13.5. The Hall–Kier alpha value is -1.37. The first-order chi connectivity index (χ1) is 11.9. The predicted molar refractivity (Wildman–Crippen MR) is 114 cm³/mol. The molecule has 0 aliphatic heterocycles. The molecule has 138 valence electrons. The molecular formula is C18H18Cl3N3OS. The third-order valence-corrected chi connectivity index (χ3v) is 5.21. The van der Waals surface area contributed by atoms with Crippen LogP contribution in [-0.4, -0.2) is 43.0 Å². The van der Waals surface area contributed by atoms with Crippen molar-refractivity contribution in [3.05, 3.63) is 58.1 Å². The van der Waals surface area contributed by atoms with Crippen molar-refractivity contribution >= 4 is 68.2 Å². The molecule has 0 spiro atoms. The summed E-state index contributed by atoms with van der Waals surface area (Å²) in [5, 5.41) is 1.93. The van der Waals surface area contributed by atoms with E-state index in [1.807, 2.05) is 31.1 Å². The highest BCUT2D eigenvalue weighted by molar-refractivity contribution is 7.22. The van der Waals surface area contributed by atoms with E-state index >= 15 is 0 Å². The molecular weight excluding hydrogens is 413 g/mol. The molecule has 2 aromatic carbocycles. The van der Waals surface area contributed by atoms with Crippen molar-refractivity contribution in [2.45, 2.75) is 0 Å². The minimum atomic E-state index is -0.0938. The van der Waals surface area contributed by atoms with Crippen LogP contribution in [0.1, 0.15) is 10.4 Å². The second kappa shape index (κ2) is 9.02. The maximum Gasteiger partial charge on any atom is 0.260 e. The summed E-state index contributed by atoms with van der Waals surface area (Å²) < 4.78 is 0.959. The number of benzene rings is 2. The third-order valence-electron chi connectivity index (χ3n) is 3.68. The van der Waals surface area contributed by atoms with E-state index in [0.29, 0.717) is 27.3 Å². The van der Waals surface area contributed by atoms with Crippen LogP contribution in [0, 0.1) is 0 Å². The van der Waals surface area contributed by atoms with Crippen molar-refractivity contribution in [2.24, 2.45) is 0 Å². The van der Waals surface area contributed by atoms with Gasteiger partial charge in [-0.2, -0.15) is 0 Å². The number of anilines is 1. The molecule has 1 aromatic heterocycles. The molecule has 0 saturated carbocycles. The van der Waals surface area contributed by atoms with Crippen molar-refractivity contribution < 1.29 is 4.79 Å². The van der Waals surface area contributed by atoms with E-state index in [2.05, 4.69) is 4.98 Å².